The minimum Gasteiger partial charge on any atom is -0.399 e. The van der Waals surface area contributed by atoms with Crippen molar-refractivity contribution in [3.63, 3.8) is 0 Å². The molecule has 3 aromatic carbocycles. The summed E-state index contributed by atoms with van der Waals surface area (Å²) in [6.45, 7) is 0. The van der Waals surface area contributed by atoms with E-state index in [0.29, 0.717) is 11.4 Å². The van der Waals surface area contributed by atoms with Gasteiger partial charge in [0.2, 0.25) is 0 Å². The minimum absolute atomic E-state index is 0.611. The van der Waals surface area contributed by atoms with Gasteiger partial charge in [-0.1, -0.05) is 48.5 Å². The van der Waals surface area contributed by atoms with Crippen LogP contribution in [0.25, 0.3) is 0 Å². The van der Waals surface area contributed by atoms with Crippen LogP contribution in [0.15, 0.2) is 72.8 Å². The fourth-order valence-electron chi connectivity index (χ4n) is 2.70. The number of aliphatic hydroxyl groups excluding tert-OH is 2. The Balaban J connectivity index is 1.82. The van der Waals surface area contributed by atoms with E-state index in [1.807, 2.05) is 24.3 Å². The molecule has 4 heteroatoms. The molecule has 0 bridgehead atoms. The molecule has 0 saturated carbocycles. The first-order chi connectivity index (χ1) is 11.5. The third-order valence-corrected chi connectivity index (χ3v) is 4.02. The summed E-state index contributed by atoms with van der Waals surface area (Å²) in [6.07, 6.45) is -1.51. The Labute approximate surface area is 141 Å². The normalized spacial score (nSPS) is 13.4. The van der Waals surface area contributed by atoms with E-state index in [0.717, 1.165) is 22.3 Å². The van der Waals surface area contributed by atoms with Crippen molar-refractivity contribution in [2.75, 3.05) is 11.5 Å². The Morgan fingerprint density at radius 1 is 0.542 bits per heavy atom. The summed E-state index contributed by atoms with van der Waals surface area (Å²) in [4.78, 5) is 0. The lowest BCUT2D eigenvalue weighted by Gasteiger charge is -2.15. The van der Waals surface area contributed by atoms with Gasteiger partial charge in [0.25, 0.3) is 0 Å². The molecule has 3 aromatic rings. The summed E-state index contributed by atoms with van der Waals surface area (Å²) < 4.78 is 0. The van der Waals surface area contributed by atoms with Gasteiger partial charge in [0.1, 0.15) is 12.2 Å². The fourth-order valence-corrected chi connectivity index (χ4v) is 2.70. The molecule has 0 radical (unpaired) electrons. The Morgan fingerprint density at radius 2 is 0.917 bits per heavy atom. The van der Waals surface area contributed by atoms with E-state index >= 15 is 0 Å². The van der Waals surface area contributed by atoms with Crippen molar-refractivity contribution in [3.8, 4) is 0 Å². The summed E-state index contributed by atoms with van der Waals surface area (Å²) in [5.74, 6) is 0. The quantitative estimate of drug-likeness (QED) is 0.556. The maximum atomic E-state index is 10.5. The van der Waals surface area contributed by atoms with Gasteiger partial charge in [0.05, 0.1) is 0 Å². The van der Waals surface area contributed by atoms with Crippen molar-refractivity contribution < 1.29 is 10.2 Å². The summed E-state index contributed by atoms with van der Waals surface area (Å²) in [5, 5.41) is 20.9. The topological polar surface area (TPSA) is 92.5 Å². The van der Waals surface area contributed by atoms with E-state index in [1.165, 1.54) is 0 Å². The average Bonchev–Trinajstić information content (AvgIpc) is 2.60. The van der Waals surface area contributed by atoms with Crippen LogP contribution in [0, 0.1) is 0 Å². The van der Waals surface area contributed by atoms with Crippen molar-refractivity contribution in [2.45, 2.75) is 12.2 Å². The van der Waals surface area contributed by atoms with Gasteiger partial charge >= 0.3 is 0 Å². The highest BCUT2D eigenvalue weighted by molar-refractivity contribution is 5.45. The SMILES string of the molecule is Nc1cccc(C(O)c2ccc(C(O)c3cccc(N)c3)cc2)c1. The lowest BCUT2D eigenvalue weighted by Crippen LogP contribution is -2.03. The van der Waals surface area contributed by atoms with Crippen LogP contribution in [0.3, 0.4) is 0 Å². The number of rotatable bonds is 4. The van der Waals surface area contributed by atoms with Crippen LogP contribution in [-0.2, 0) is 0 Å². The fraction of sp³-hybridized carbons (Fsp3) is 0.100. The standard InChI is InChI=1S/C20H20N2O2/c21-17-5-1-3-15(11-17)19(23)13-7-9-14(10-8-13)20(24)16-4-2-6-18(22)12-16/h1-12,19-20,23-24H,21-22H2. The molecule has 2 unspecified atom stereocenters. The predicted octanol–water partition coefficient (Wildman–Crippen LogP) is 3.01. The molecular weight excluding hydrogens is 300 g/mol. The van der Waals surface area contributed by atoms with Crippen molar-refractivity contribution in [1.29, 1.82) is 0 Å². The molecule has 0 aliphatic rings. The average molecular weight is 320 g/mol. The van der Waals surface area contributed by atoms with Gasteiger partial charge in [-0.3, -0.25) is 0 Å². The van der Waals surface area contributed by atoms with Crippen molar-refractivity contribution in [2.24, 2.45) is 0 Å². The third-order valence-electron chi connectivity index (χ3n) is 4.02. The summed E-state index contributed by atoms with van der Waals surface area (Å²) in [5.41, 5.74) is 15.7. The predicted molar refractivity (Wildman–Crippen MR) is 96.3 cm³/mol. The van der Waals surface area contributed by atoms with Crippen LogP contribution in [0.1, 0.15) is 34.5 Å². The molecule has 0 aliphatic carbocycles. The molecule has 0 saturated heterocycles. The van der Waals surface area contributed by atoms with Crippen LogP contribution in [0.2, 0.25) is 0 Å². The zero-order valence-corrected chi connectivity index (χ0v) is 13.1. The highest BCUT2D eigenvalue weighted by atomic mass is 16.3. The van der Waals surface area contributed by atoms with Crippen molar-refractivity contribution in [3.05, 3.63) is 95.1 Å². The van der Waals surface area contributed by atoms with Gasteiger partial charge in [-0.05, 0) is 46.5 Å². The Kier molecular flexibility index (Phi) is 4.51. The van der Waals surface area contributed by atoms with Gasteiger partial charge in [0, 0.05) is 11.4 Å². The second kappa shape index (κ2) is 6.74. The van der Waals surface area contributed by atoms with E-state index < -0.39 is 12.2 Å². The summed E-state index contributed by atoms with van der Waals surface area (Å²) >= 11 is 0. The van der Waals surface area contributed by atoms with Gasteiger partial charge in [-0.25, -0.2) is 0 Å². The monoisotopic (exact) mass is 320 g/mol. The Hall–Kier alpha value is -2.82. The number of nitrogens with two attached hydrogens (primary N) is 2. The number of hydrogen-bond acceptors (Lipinski definition) is 4. The number of aliphatic hydroxyl groups is 2. The zero-order valence-electron chi connectivity index (χ0n) is 13.1. The van der Waals surface area contributed by atoms with Crippen LogP contribution in [0.4, 0.5) is 11.4 Å². The molecular formula is C20H20N2O2. The molecule has 122 valence electrons. The summed E-state index contributed by atoms with van der Waals surface area (Å²) in [6, 6.07) is 21.6. The van der Waals surface area contributed by atoms with E-state index in [-0.39, 0.29) is 0 Å². The van der Waals surface area contributed by atoms with E-state index in [1.54, 1.807) is 48.5 Å². The highest BCUT2D eigenvalue weighted by Gasteiger charge is 2.14. The molecule has 0 aromatic heterocycles. The van der Waals surface area contributed by atoms with Gasteiger partial charge in [-0.2, -0.15) is 0 Å². The van der Waals surface area contributed by atoms with Crippen molar-refractivity contribution in [1.82, 2.24) is 0 Å². The molecule has 0 fully saturated rings. The minimum atomic E-state index is -0.757. The van der Waals surface area contributed by atoms with E-state index in [9.17, 15) is 10.2 Å². The molecule has 3 rings (SSSR count). The number of benzene rings is 3. The first-order valence-electron chi connectivity index (χ1n) is 7.71. The summed E-state index contributed by atoms with van der Waals surface area (Å²) in [7, 11) is 0. The largest absolute Gasteiger partial charge is 0.399 e. The Morgan fingerprint density at radius 3 is 1.25 bits per heavy atom. The van der Waals surface area contributed by atoms with Crippen LogP contribution < -0.4 is 11.5 Å². The smallest absolute Gasteiger partial charge is 0.104 e. The molecule has 0 aliphatic heterocycles. The molecule has 24 heavy (non-hydrogen) atoms. The van der Waals surface area contributed by atoms with Crippen LogP contribution >= 0.6 is 0 Å². The Bertz CT molecular complexity index is 761. The first-order valence-corrected chi connectivity index (χ1v) is 7.71. The van der Waals surface area contributed by atoms with Crippen molar-refractivity contribution >= 4 is 11.4 Å². The third kappa shape index (κ3) is 3.40. The molecule has 2 atom stereocenters. The molecule has 6 N–H and O–H groups in total. The van der Waals surface area contributed by atoms with Gasteiger partial charge in [0.15, 0.2) is 0 Å². The molecule has 0 amide bonds. The lowest BCUT2D eigenvalue weighted by molar-refractivity contribution is 0.216. The molecule has 4 nitrogen and oxygen atoms in total. The van der Waals surface area contributed by atoms with E-state index in [2.05, 4.69) is 0 Å². The second-order valence-electron chi connectivity index (χ2n) is 5.81. The van der Waals surface area contributed by atoms with E-state index in [4.69, 9.17) is 11.5 Å². The van der Waals surface area contributed by atoms with Gasteiger partial charge < -0.3 is 21.7 Å². The van der Waals surface area contributed by atoms with Crippen LogP contribution in [0.5, 0.6) is 0 Å². The zero-order chi connectivity index (χ0) is 17.1. The van der Waals surface area contributed by atoms with Gasteiger partial charge in [-0.15, -0.1) is 0 Å². The second-order valence-corrected chi connectivity index (χ2v) is 5.81. The lowest BCUT2D eigenvalue weighted by atomic mass is 9.96. The highest BCUT2D eigenvalue weighted by Crippen LogP contribution is 2.27. The molecule has 0 spiro atoms. The number of nitrogen functional groups attached to an aromatic ring is 2. The first kappa shape index (κ1) is 16.1. The molecule has 0 heterocycles. The maximum absolute atomic E-state index is 10.5. The maximum Gasteiger partial charge on any atom is 0.104 e. The number of anilines is 2. The van der Waals surface area contributed by atoms with Crippen LogP contribution in [-0.4, -0.2) is 10.2 Å². The number of hydrogen-bond donors (Lipinski definition) is 4.